The second kappa shape index (κ2) is 10.3. The van der Waals surface area contributed by atoms with Crippen LogP contribution in [0.2, 0.25) is 0 Å². The van der Waals surface area contributed by atoms with Crippen molar-refractivity contribution >= 4 is 29.0 Å². The number of benzene rings is 3. The van der Waals surface area contributed by atoms with Crippen molar-refractivity contribution in [2.45, 2.75) is 13.0 Å². The lowest BCUT2D eigenvalue weighted by Gasteiger charge is -2.26. The molecule has 8 heteroatoms. The lowest BCUT2D eigenvalue weighted by atomic mass is 9.94. The van der Waals surface area contributed by atoms with Crippen LogP contribution in [-0.2, 0) is 4.79 Å². The van der Waals surface area contributed by atoms with Gasteiger partial charge in [-0.3, -0.25) is 14.2 Å². The normalized spacial score (nSPS) is 15.1. The predicted molar refractivity (Wildman–Crippen MR) is 145 cm³/mol. The highest BCUT2D eigenvalue weighted by Crippen LogP contribution is 2.37. The van der Waals surface area contributed by atoms with Gasteiger partial charge in [-0.2, -0.15) is 0 Å². The molecule has 2 heterocycles. The van der Waals surface area contributed by atoms with E-state index in [-0.39, 0.29) is 11.5 Å². The molecule has 0 bridgehead atoms. The molecule has 186 valence electrons. The number of nitrogens with zero attached hydrogens (tertiary/aromatic N) is 2. The number of fused-ring (bicyclic) bond motifs is 1. The number of rotatable bonds is 6. The van der Waals surface area contributed by atoms with Gasteiger partial charge in [0.2, 0.25) is 0 Å². The van der Waals surface area contributed by atoms with Gasteiger partial charge in [-0.1, -0.05) is 59.9 Å². The summed E-state index contributed by atoms with van der Waals surface area (Å²) in [6.45, 7) is 1.79. The molecular formula is C29H25N3O4S. The smallest absolute Gasteiger partial charge is 0.271 e. The number of hydrogen-bond donors (Lipinski definition) is 1. The first-order chi connectivity index (χ1) is 18.0. The molecule has 3 aromatic carbocycles. The maximum Gasteiger partial charge on any atom is 0.271 e. The van der Waals surface area contributed by atoms with Crippen molar-refractivity contribution in [2.75, 3.05) is 19.5 Å². The van der Waals surface area contributed by atoms with E-state index in [0.29, 0.717) is 43.4 Å². The molecule has 1 N–H and O–H groups in total. The number of carbonyl (C=O) groups is 1. The van der Waals surface area contributed by atoms with Crippen LogP contribution in [0.4, 0.5) is 5.69 Å². The molecule has 1 aromatic heterocycles. The quantitative estimate of drug-likeness (QED) is 0.426. The highest BCUT2D eigenvalue weighted by Gasteiger charge is 2.34. The summed E-state index contributed by atoms with van der Waals surface area (Å²) in [5, 5.41) is 2.96. The molecular weight excluding hydrogens is 486 g/mol. The van der Waals surface area contributed by atoms with Crippen LogP contribution < -0.4 is 29.7 Å². The molecule has 1 aliphatic rings. The van der Waals surface area contributed by atoms with Crippen molar-refractivity contribution in [3.05, 3.63) is 121 Å². The molecule has 4 aromatic rings. The monoisotopic (exact) mass is 511 g/mol. The zero-order valence-corrected chi connectivity index (χ0v) is 21.4. The molecule has 1 aliphatic heterocycles. The Balaban J connectivity index is 1.72. The topological polar surface area (TPSA) is 81.9 Å². The summed E-state index contributed by atoms with van der Waals surface area (Å²) in [4.78, 5) is 32.7. The van der Waals surface area contributed by atoms with E-state index in [1.54, 1.807) is 37.8 Å². The average molecular weight is 512 g/mol. The lowest BCUT2D eigenvalue weighted by Crippen LogP contribution is -2.40. The van der Waals surface area contributed by atoms with Crippen LogP contribution in [0.15, 0.2) is 99.9 Å². The highest BCUT2D eigenvalue weighted by atomic mass is 32.1. The van der Waals surface area contributed by atoms with Crippen molar-refractivity contribution in [2.24, 2.45) is 4.99 Å². The van der Waals surface area contributed by atoms with Gasteiger partial charge < -0.3 is 14.8 Å². The van der Waals surface area contributed by atoms with Crippen LogP contribution in [0.25, 0.3) is 6.08 Å². The minimum Gasteiger partial charge on any atom is -0.497 e. The minimum atomic E-state index is -0.751. The number of aromatic nitrogens is 1. The van der Waals surface area contributed by atoms with Gasteiger partial charge in [0, 0.05) is 17.3 Å². The van der Waals surface area contributed by atoms with E-state index < -0.39 is 6.04 Å². The van der Waals surface area contributed by atoms with E-state index in [4.69, 9.17) is 14.5 Å². The number of para-hydroxylation sites is 1. The van der Waals surface area contributed by atoms with E-state index in [2.05, 4.69) is 5.32 Å². The average Bonchev–Trinajstić information content (AvgIpc) is 3.22. The van der Waals surface area contributed by atoms with Crippen molar-refractivity contribution in [3.8, 4) is 11.5 Å². The van der Waals surface area contributed by atoms with E-state index in [1.165, 1.54) is 11.3 Å². The standard InChI is InChI=1S/C29H25N3O4S/c1-18-25(27(33)31-20-12-8-5-9-13-20)26(22-15-14-21(35-2)17-23(22)36-3)32-28(34)24(37-29(32)30-18)16-19-10-6-4-7-11-19/h4-17,26H,1-3H3,(H,31,33)/b24-16-/t26-/m1/s1. The highest BCUT2D eigenvalue weighted by molar-refractivity contribution is 7.07. The summed E-state index contributed by atoms with van der Waals surface area (Å²) in [7, 11) is 3.13. The molecule has 1 atom stereocenters. The molecule has 0 radical (unpaired) electrons. The predicted octanol–water partition coefficient (Wildman–Crippen LogP) is 3.89. The number of nitrogens with one attached hydrogen (secondary N) is 1. The van der Waals surface area contributed by atoms with E-state index >= 15 is 0 Å². The first kappa shape index (κ1) is 24.3. The Morgan fingerprint density at radius 1 is 1.00 bits per heavy atom. The van der Waals surface area contributed by atoms with Crippen molar-refractivity contribution in [1.82, 2.24) is 4.57 Å². The molecule has 0 spiro atoms. The molecule has 37 heavy (non-hydrogen) atoms. The molecule has 0 fully saturated rings. The van der Waals surface area contributed by atoms with E-state index in [1.807, 2.05) is 72.8 Å². The fourth-order valence-corrected chi connectivity index (χ4v) is 5.42. The fourth-order valence-electron chi connectivity index (χ4n) is 4.37. The van der Waals surface area contributed by atoms with E-state index in [0.717, 1.165) is 5.56 Å². The van der Waals surface area contributed by atoms with Crippen LogP contribution >= 0.6 is 11.3 Å². The molecule has 1 amide bonds. The van der Waals surface area contributed by atoms with Crippen LogP contribution in [-0.4, -0.2) is 24.7 Å². The number of anilines is 1. The summed E-state index contributed by atoms with van der Waals surface area (Å²) in [6.07, 6.45) is 1.84. The van der Waals surface area contributed by atoms with Gasteiger partial charge in [-0.25, -0.2) is 4.99 Å². The number of allylic oxidation sites excluding steroid dienone is 1. The van der Waals surface area contributed by atoms with Crippen molar-refractivity contribution in [3.63, 3.8) is 0 Å². The zero-order chi connectivity index (χ0) is 25.9. The summed E-state index contributed by atoms with van der Waals surface area (Å²) < 4.78 is 13.2. The maximum absolute atomic E-state index is 13.8. The van der Waals surface area contributed by atoms with Crippen LogP contribution in [0.3, 0.4) is 0 Å². The Morgan fingerprint density at radius 2 is 1.70 bits per heavy atom. The van der Waals surface area contributed by atoms with Gasteiger partial charge in [0.15, 0.2) is 4.80 Å². The summed E-state index contributed by atoms with van der Waals surface area (Å²) in [6, 6.07) is 23.4. The van der Waals surface area contributed by atoms with Crippen LogP contribution in [0.5, 0.6) is 11.5 Å². The summed E-state index contributed by atoms with van der Waals surface area (Å²) in [5.74, 6) is 0.766. The number of thiazole rings is 1. The van der Waals surface area contributed by atoms with Gasteiger partial charge in [-0.15, -0.1) is 0 Å². The molecule has 0 saturated carbocycles. The van der Waals surface area contributed by atoms with Gasteiger partial charge >= 0.3 is 0 Å². The Bertz CT molecular complexity index is 1670. The third kappa shape index (κ3) is 4.71. The first-order valence-electron chi connectivity index (χ1n) is 11.7. The van der Waals surface area contributed by atoms with Crippen molar-refractivity contribution in [1.29, 1.82) is 0 Å². The third-order valence-electron chi connectivity index (χ3n) is 6.13. The second-order valence-corrected chi connectivity index (χ2v) is 9.43. The van der Waals surface area contributed by atoms with Crippen molar-refractivity contribution < 1.29 is 14.3 Å². The molecule has 5 rings (SSSR count). The summed E-state index contributed by atoms with van der Waals surface area (Å²) in [5.41, 5.74) is 2.88. The Labute approximate surface area is 217 Å². The number of hydrogen-bond acceptors (Lipinski definition) is 6. The first-order valence-corrected chi connectivity index (χ1v) is 12.5. The maximum atomic E-state index is 13.8. The zero-order valence-electron chi connectivity index (χ0n) is 20.6. The number of carbonyl (C=O) groups excluding carboxylic acids is 1. The molecule has 0 saturated heterocycles. The number of methoxy groups -OCH3 is 2. The number of amides is 1. The Hall–Kier alpha value is -4.43. The van der Waals surface area contributed by atoms with Gasteiger partial charge in [0.1, 0.15) is 17.5 Å². The van der Waals surface area contributed by atoms with Gasteiger partial charge in [0.05, 0.1) is 30.0 Å². The Morgan fingerprint density at radius 3 is 2.38 bits per heavy atom. The SMILES string of the molecule is COc1ccc([C@@H]2C(C(=O)Nc3ccccc3)=C(C)N=c3s/c(=C\c4ccccc4)c(=O)n32)c(OC)c1. The fraction of sp³-hybridized carbons (Fsp3) is 0.138. The summed E-state index contributed by atoms with van der Waals surface area (Å²) >= 11 is 1.29. The van der Waals surface area contributed by atoms with Gasteiger partial charge in [-0.05, 0) is 42.8 Å². The third-order valence-corrected chi connectivity index (χ3v) is 7.11. The molecule has 7 nitrogen and oxygen atoms in total. The van der Waals surface area contributed by atoms with Crippen LogP contribution in [0.1, 0.15) is 24.1 Å². The second-order valence-electron chi connectivity index (χ2n) is 8.42. The van der Waals surface area contributed by atoms with E-state index in [9.17, 15) is 9.59 Å². The minimum absolute atomic E-state index is 0.229. The Kier molecular flexibility index (Phi) is 6.74. The number of ether oxygens (including phenoxy) is 2. The molecule has 0 unspecified atom stereocenters. The largest absolute Gasteiger partial charge is 0.497 e. The molecule has 0 aliphatic carbocycles. The van der Waals surface area contributed by atoms with Crippen LogP contribution in [0, 0.1) is 0 Å². The lowest BCUT2D eigenvalue weighted by molar-refractivity contribution is -0.113. The van der Waals surface area contributed by atoms with Gasteiger partial charge in [0.25, 0.3) is 11.5 Å².